The molecule has 1 aliphatic rings. The minimum Gasteiger partial charge on any atom is -0.324 e. The molecule has 2 N–H and O–H groups in total. The molecule has 0 atom stereocenters. The number of nitrogens with one attached hydrogen (secondary N) is 2. The highest BCUT2D eigenvalue weighted by Crippen LogP contribution is 2.27. The molecule has 4 aromatic rings. The number of nitrogens with zero attached hydrogens (tertiary/aromatic N) is 5. The van der Waals surface area contributed by atoms with E-state index in [2.05, 4.69) is 39.2 Å². The molecule has 0 radical (unpaired) electrons. The van der Waals surface area contributed by atoms with E-state index in [1.54, 1.807) is 25.2 Å². The maximum Gasteiger partial charge on any atom is 0.335 e. The molecule has 180 valence electrons. The van der Waals surface area contributed by atoms with Gasteiger partial charge in [-0.3, -0.25) is 14.9 Å². The molecule has 1 aliphatic heterocycles. The zero-order valence-electron chi connectivity index (χ0n) is 19.5. The molecule has 0 saturated heterocycles. The number of fused-ring (bicyclic) bond motifs is 2. The van der Waals surface area contributed by atoms with E-state index in [4.69, 9.17) is 28.6 Å². The first-order valence-corrected chi connectivity index (χ1v) is 12.2. The lowest BCUT2D eigenvalue weighted by atomic mass is 9.99. The Kier molecular flexibility index (Phi) is 6.35. The predicted octanol–water partition coefficient (Wildman–Crippen LogP) is 4.42. The van der Waals surface area contributed by atoms with Crippen molar-refractivity contribution in [2.75, 3.05) is 18.4 Å². The largest absolute Gasteiger partial charge is 0.335 e. The zero-order chi connectivity index (χ0) is 24.7. The van der Waals surface area contributed by atoms with Crippen LogP contribution in [0.3, 0.4) is 0 Å². The Morgan fingerprint density at radius 3 is 2.66 bits per heavy atom. The molecule has 3 heterocycles. The molecule has 0 saturated carbocycles. The van der Waals surface area contributed by atoms with Gasteiger partial charge in [-0.1, -0.05) is 42.3 Å². The van der Waals surface area contributed by atoms with Crippen molar-refractivity contribution in [2.45, 2.75) is 26.3 Å². The minimum atomic E-state index is -0.479. The molecule has 0 amide bonds. The Hall–Kier alpha value is -3.20. The fraction of sp³-hybridized carbons (Fsp3) is 0.280. The van der Waals surface area contributed by atoms with Gasteiger partial charge in [0.25, 0.3) is 0 Å². The Morgan fingerprint density at radius 1 is 1.14 bits per heavy atom. The maximum atomic E-state index is 13.2. The number of para-hydroxylation sites is 1. The Bertz CT molecular complexity index is 1540. The van der Waals surface area contributed by atoms with E-state index in [-0.39, 0.29) is 21.2 Å². The second kappa shape index (κ2) is 9.45. The quantitative estimate of drug-likeness (QED) is 0.415. The van der Waals surface area contributed by atoms with E-state index in [0.717, 1.165) is 38.2 Å². The molecule has 2 aromatic carbocycles. The smallest absolute Gasteiger partial charge is 0.324 e. The maximum absolute atomic E-state index is 13.2. The third kappa shape index (κ3) is 4.33. The highest BCUT2D eigenvalue weighted by atomic mass is 35.5. The van der Waals surface area contributed by atoms with E-state index in [0.29, 0.717) is 17.0 Å². The summed E-state index contributed by atoms with van der Waals surface area (Å²) in [5.74, 6) is 0.351. The predicted molar refractivity (Wildman–Crippen MR) is 139 cm³/mol. The van der Waals surface area contributed by atoms with Gasteiger partial charge in [-0.05, 0) is 54.8 Å². The molecule has 0 bridgehead atoms. The van der Waals surface area contributed by atoms with Crippen molar-refractivity contribution in [3.8, 4) is 5.69 Å². The van der Waals surface area contributed by atoms with Crippen molar-refractivity contribution in [3.05, 3.63) is 79.7 Å². The van der Waals surface area contributed by atoms with Crippen molar-refractivity contribution in [2.24, 2.45) is 7.05 Å². The summed E-state index contributed by atoms with van der Waals surface area (Å²) < 4.78 is 2.55. The van der Waals surface area contributed by atoms with Gasteiger partial charge >= 0.3 is 5.69 Å². The van der Waals surface area contributed by atoms with Gasteiger partial charge in [0.1, 0.15) is 5.49 Å². The number of anilines is 2. The number of hydrogen-bond acceptors (Lipinski definition) is 6. The van der Waals surface area contributed by atoms with E-state index in [1.807, 2.05) is 6.07 Å². The number of rotatable bonds is 5. The lowest BCUT2D eigenvalue weighted by Crippen LogP contribution is -2.38. The minimum absolute atomic E-state index is 0.0879. The molecule has 8 nitrogen and oxygen atoms in total. The van der Waals surface area contributed by atoms with Gasteiger partial charge in [0.05, 0.1) is 21.1 Å². The summed E-state index contributed by atoms with van der Waals surface area (Å²) in [6, 6.07) is 11.3. The van der Waals surface area contributed by atoms with Crippen LogP contribution in [0.2, 0.25) is 10.0 Å². The average molecular weight is 510 g/mol. The fourth-order valence-corrected chi connectivity index (χ4v) is 5.11. The van der Waals surface area contributed by atoms with Crippen molar-refractivity contribution in [1.29, 1.82) is 5.41 Å². The third-order valence-corrected chi connectivity index (χ3v) is 6.91. The van der Waals surface area contributed by atoms with Crippen LogP contribution in [0.25, 0.3) is 16.7 Å². The van der Waals surface area contributed by atoms with Crippen LogP contribution in [-0.4, -0.2) is 37.1 Å². The molecule has 10 heteroatoms. The monoisotopic (exact) mass is 509 g/mol. The molecule has 35 heavy (non-hydrogen) atoms. The van der Waals surface area contributed by atoms with E-state index in [1.165, 1.54) is 26.5 Å². The Morgan fingerprint density at radius 2 is 1.91 bits per heavy atom. The first kappa shape index (κ1) is 23.5. The van der Waals surface area contributed by atoms with Gasteiger partial charge in [-0.25, -0.2) is 14.3 Å². The lowest BCUT2D eigenvalue weighted by molar-refractivity contribution is 0.255. The molecule has 0 spiro atoms. The Balaban J connectivity index is 1.51. The van der Waals surface area contributed by atoms with E-state index < -0.39 is 5.69 Å². The third-order valence-electron chi connectivity index (χ3n) is 6.30. The average Bonchev–Trinajstić information content (AvgIpc) is 2.84. The van der Waals surface area contributed by atoms with Crippen LogP contribution in [0.15, 0.2) is 47.4 Å². The summed E-state index contributed by atoms with van der Waals surface area (Å²) in [7, 11) is 1.60. The van der Waals surface area contributed by atoms with Gasteiger partial charge in [0.15, 0.2) is 5.65 Å². The first-order chi connectivity index (χ1) is 16.9. The van der Waals surface area contributed by atoms with Gasteiger partial charge in [0.2, 0.25) is 5.95 Å². The normalized spacial score (nSPS) is 13.7. The van der Waals surface area contributed by atoms with Crippen molar-refractivity contribution < 1.29 is 0 Å². The van der Waals surface area contributed by atoms with Crippen molar-refractivity contribution >= 4 is 45.9 Å². The summed E-state index contributed by atoms with van der Waals surface area (Å²) >= 11 is 12.6. The summed E-state index contributed by atoms with van der Waals surface area (Å²) in [6.45, 7) is 5.35. The van der Waals surface area contributed by atoms with Crippen molar-refractivity contribution in [3.63, 3.8) is 0 Å². The molecule has 0 unspecified atom stereocenters. The lowest BCUT2D eigenvalue weighted by Gasteiger charge is -2.28. The second-order valence-corrected chi connectivity index (χ2v) is 9.48. The van der Waals surface area contributed by atoms with Gasteiger partial charge in [0, 0.05) is 32.0 Å². The highest BCUT2D eigenvalue weighted by molar-refractivity contribution is 6.37. The summed E-state index contributed by atoms with van der Waals surface area (Å²) in [4.78, 5) is 24.7. The summed E-state index contributed by atoms with van der Waals surface area (Å²) in [5.41, 5.74) is 3.59. The molecular formula is C25H25Cl2N7O. The van der Waals surface area contributed by atoms with Gasteiger partial charge in [-0.2, -0.15) is 4.98 Å². The van der Waals surface area contributed by atoms with Crippen LogP contribution in [-0.2, 0) is 20.0 Å². The Labute approximate surface area is 212 Å². The number of aryl methyl sites for hydroxylation is 1. The van der Waals surface area contributed by atoms with Crippen molar-refractivity contribution in [1.82, 2.24) is 24.0 Å². The number of hydrogen-bond donors (Lipinski definition) is 2. The number of benzene rings is 2. The molecule has 5 rings (SSSR count). The van der Waals surface area contributed by atoms with E-state index >= 15 is 0 Å². The summed E-state index contributed by atoms with van der Waals surface area (Å²) in [5, 5.41) is 12.9. The number of aromatic nitrogens is 4. The van der Waals surface area contributed by atoms with Crippen LogP contribution in [0.4, 0.5) is 11.6 Å². The van der Waals surface area contributed by atoms with Crippen LogP contribution < -0.4 is 16.5 Å². The van der Waals surface area contributed by atoms with Gasteiger partial charge in [-0.15, -0.1) is 0 Å². The molecule has 0 fully saturated rings. The van der Waals surface area contributed by atoms with Crippen LogP contribution in [0.5, 0.6) is 0 Å². The second-order valence-electron chi connectivity index (χ2n) is 8.66. The standard InChI is InChI=1S/C25H25Cl2N7O/c1-3-10-33-11-9-15-12-17(8-7-16(15)14-33)30-24-29-13-18-22(28)34(25(35)32(2)23(18)31-24)21-19(26)5-4-6-20(21)27/h4-8,12-13,28H,3,9-11,14H2,1-2H3,(H,29,30,31). The van der Waals surface area contributed by atoms with Crippen LogP contribution in [0.1, 0.15) is 24.5 Å². The molecular weight excluding hydrogens is 485 g/mol. The SMILES string of the molecule is CCCN1CCc2cc(Nc3ncc4c(=N)n(-c5c(Cl)cccc5Cl)c(=O)n(C)c4n3)ccc2C1. The highest BCUT2D eigenvalue weighted by Gasteiger charge is 2.18. The first-order valence-electron chi connectivity index (χ1n) is 11.5. The molecule has 0 aliphatic carbocycles. The topological polar surface area (TPSA) is 91.8 Å². The van der Waals surface area contributed by atoms with Crippen LogP contribution >= 0.6 is 23.2 Å². The fourth-order valence-electron chi connectivity index (χ4n) is 4.55. The van der Waals surface area contributed by atoms with E-state index in [9.17, 15) is 4.79 Å². The number of halogens is 2. The summed E-state index contributed by atoms with van der Waals surface area (Å²) in [6.07, 6.45) is 3.70. The molecule has 2 aromatic heterocycles. The van der Waals surface area contributed by atoms with Gasteiger partial charge < -0.3 is 5.32 Å². The van der Waals surface area contributed by atoms with Crippen LogP contribution in [0, 0.1) is 5.41 Å². The zero-order valence-corrected chi connectivity index (χ0v) is 21.0.